The number of para-hydroxylation sites is 1. The van der Waals surface area contributed by atoms with Gasteiger partial charge in [-0.1, -0.05) is 24.3 Å². The number of rotatable bonds is 4. The first-order chi connectivity index (χ1) is 15.0. The second-order valence-electron chi connectivity index (χ2n) is 6.96. The van der Waals surface area contributed by atoms with E-state index in [2.05, 4.69) is 15.7 Å². The van der Waals surface area contributed by atoms with Crippen molar-refractivity contribution < 1.29 is 22.8 Å². The normalized spacial score (nSPS) is 11.2. The molecule has 32 heavy (non-hydrogen) atoms. The van der Waals surface area contributed by atoms with Crippen molar-refractivity contribution in [1.29, 1.82) is 0 Å². The third kappa shape index (κ3) is 4.39. The van der Waals surface area contributed by atoms with Crippen molar-refractivity contribution in [3.05, 3.63) is 86.8 Å². The minimum absolute atomic E-state index is 0.116. The third-order valence-corrected chi connectivity index (χ3v) is 4.74. The first-order valence-electron chi connectivity index (χ1n) is 9.45. The molecule has 3 rings (SSSR count). The maximum atomic E-state index is 13.5. The maximum absolute atomic E-state index is 13.5. The molecule has 0 aliphatic rings. The van der Waals surface area contributed by atoms with Crippen LogP contribution in [0.1, 0.15) is 37.7 Å². The molecule has 3 aromatic rings. The predicted octanol–water partition coefficient (Wildman–Crippen LogP) is 3.48. The molecule has 0 saturated heterocycles. The average molecular weight is 444 g/mol. The second-order valence-corrected chi connectivity index (χ2v) is 6.96. The predicted molar refractivity (Wildman–Crippen MR) is 112 cm³/mol. The van der Waals surface area contributed by atoms with Crippen LogP contribution in [0.4, 0.5) is 18.9 Å². The molecule has 2 N–H and O–H groups in total. The smallest absolute Gasteiger partial charge is 0.355 e. The highest BCUT2D eigenvalue weighted by Gasteiger charge is 2.34. The molecule has 166 valence electrons. The highest BCUT2D eigenvalue weighted by atomic mass is 19.4. The number of hydrogen-bond donors (Lipinski definition) is 2. The SMILES string of the molecule is CNC(=O)c1c(C)cccc1NC(=O)c1nn(-c2ccccc2C(F)(F)F)c(C)cc1=O. The van der Waals surface area contributed by atoms with Gasteiger partial charge in [-0.15, -0.1) is 0 Å². The van der Waals surface area contributed by atoms with Gasteiger partial charge in [-0.25, -0.2) is 4.68 Å². The van der Waals surface area contributed by atoms with Gasteiger partial charge in [0.05, 0.1) is 22.5 Å². The zero-order valence-electron chi connectivity index (χ0n) is 17.4. The van der Waals surface area contributed by atoms with E-state index in [-0.39, 0.29) is 22.6 Å². The molecule has 1 heterocycles. The van der Waals surface area contributed by atoms with Gasteiger partial charge in [-0.3, -0.25) is 14.4 Å². The van der Waals surface area contributed by atoms with Gasteiger partial charge in [-0.05, 0) is 37.6 Å². The van der Waals surface area contributed by atoms with Gasteiger partial charge in [0.15, 0.2) is 5.69 Å². The lowest BCUT2D eigenvalue weighted by molar-refractivity contribution is -0.137. The lowest BCUT2D eigenvalue weighted by atomic mass is 10.1. The van der Waals surface area contributed by atoms with Crippen LogP contribution in [0.15, 0.2) is 53.3 Å². The monoisotopic (exact) mass is 444 g/mol. The van der Waals surface area contributed by atoms with Crippen LogP contribution in [0.5, 0.6) is 0 Å². The fraction of sp³-hybridized carbons (Fsp3) is 0.182. The van der Waals surface area contributed by atoms with Crippen LogP contribution in [0.3, 0.4) is 0 Å². The van der Waals surface area contributed by atoms with Gasteiger partial charge in [0.2, 0.25) is 5.43 Å². The molecule has 0 aliphatic heterocycles. The summed E-state index contributed by atoms with van der Waals surface area (Å²) in [5.74, 6) is -1.41. The van der Waals surface area contributed by atoms with Gasteiger partial charge in [-0.2, -0.15) is 18.3 Å². The lowest BCUT2D eigenvalue weighted by Gasteiger charge is -2.17. The van der Waals surface area contributed by atoms with E-state index in [1.807, 2.05) is 0 Å². The quantitative estimate of drug-likeness (QED) is 0.645. The number of anilines is 1. The van der Waals surface area contributed by atoms with E-state index in [9.17, 15) is 27.6 Å². The Labute approximate surface area is 180 Å². The fourth-order valence-electron chi connectivity index (χ4n) is 3.23. The molecule has 2 amide bonds. The van der Waals surface area contributed by atoms with Gasteiger partial charge >= 0.3 is 6.18 Å². The van der Waals surface area contributed by atoms with E-state index >= 15 is 0 Å². The molecule has 0 saturated carbocycles. The Morgan fingerprint density at radius 1 is 1.00 bits per heavy atom. The van der Waals surface area contributed by atoms with Gasteiger partial charge in [0.1, 0.15) is 0 Å². The summed E-state index contributed by atoms with van der Waals surface area (Å²) in [5, 5.41) is 8.86. The molecule has 0 spiro atoms. The van der Waals surface area contributed by atoms with Gasteiger partial charge < -0.3 is 10.6 Å². The second kappa shape index (κ2) is 8.66. The molecular formula is C22H19F3N4O3. The summed E-state index contributed by atoms with van der Waals surface area (Å²) in [4.78, 5) is 37.5. The molecule has 0 atom stereocenters. The Morgan fingerprint density at radius 3 is 2.34 bits per heavy atom. The maximum Gasteiger partial charge on any atom is 0.418 e. The van der Waals surface area contributed by atoms with Crippen molar-refractivity contribution in [2.24, 2.45) is 0 Å². The minimum atomic E-state index is -4.67. The van der Waals surface area contributed by atoms with E-state index < -0.39 is 34.7 Å². The Balaban J connectivity index is 2.09. The number of aryl methyl sites for hydroxylation is 2. The van der Waals surface area contributed by atoms with E-state index in [0.29, 0.717) is 5.56 Å². The summed E-state index contributed by atoms with van der Waals surface area (Å²) in [7, 11) is 1.43. The van der Waals surface area contributed by atoms with Crippen LogP contribution < -0.4 is 16.1 Å². The topological polar surface area (TPSA) is 93.1 Å². The Kier molecular flexibility index (Phi) is 6.15. The molecule has 0 aliphatic carbocycles. The van der Waals surface area contributed by atoms with Crippen molar-refractivity contribution in [2.45, 2.75) is 20.0 Å². The third-order valence-electron chi connectivity index (χ3n) is 4.74. The zero-order chi connectivity index (χ0) is 23.6. The summed E-state index contributed by atoms with van der Waals surface area (Å²) in [6, 6.07) is 10.5. The average Bonchev–Trinajstić information content (AvgIpc) is 2.73. The van der Waals surface area contributed by atoms with Crippen LogP contribution in [0.25, 0.3) is 5.69 Å². The highest BCUT2D eigenvalue weighted by molar-refractivity contribution is 6.08. The number of carbonyl (C=O) groups is 2. The van der Waals surface area contributed by atoms with E-state index in [0.717, 1.165) is 16.8 Å². The van der Waals surface area contributed by atoms with Crippen LogP contribution >= 0.6 is 0 Å². The van der Waals surface area contributed by atoms with E-state index in [4.69, 9.17) is 0 Å². The van der Waals surface area contributed by atoms with Crippen LogP contribution in [-0.2, 0) is 6.18 Å². The lowest BCUT2D eigenvalue weighted by Crippen LogP contribution is -2.29. The Morgan fingerprint density at radius 2 is 1.69 bits per heavy atom. The van der Waals surface area contributed by atoms with Crippen molar-refractivity contribution in [1.82, 2.24) is 15.1 Å². The van der Waals surface area contributed by atoms with Crippen molar-refractivity contribution in [3.8, 4) is 5.69 Å². The van der Waals surface area contributed by atoms with Gasteiger partial charge in [0, 0.05) is 18.8 Å². The van der Waals surface area contributed by atoms with Crippen molar-refractivity contribution in [2.75, 3.05) is 12.4 Å². The molecule has 0 radical (unpaired) electrons. The number of alkyl halides is 3. The van der Waals surface area contributed by atoms with Crippen LogP contribution in [0.2, 0.25) is 0 Å². The van der Waals surface area contributed by atoms with Crippen LogP contribution in [-0.4, -0.2) is 28.6 Å². The number of aromatic nitrogens is 2. The molecule has 0 bridgehead atoms. The molecule has 0 fully saturated rings. The molecule has 2 aromatic carbocycles. The first-order valence-corrected chi connectivity index (χ1v) is 9.45. The number of hydrogen-bond acceptors (Lipinski definition) is 4. The first kappa shape index (κ1) is 22.7. The number of amides is 2. The summed E-state index contributed by atoms with van der Waals surface area (Å²) in [5.41, 5.74) is -1.65. The number of halogens is 3. The van der Waals surface area contributed by atoms with Gasteiger partial charge in [0.25, 0.3) is 11.8 Å². The largest absolute Gasteiger partial charge is 0.418 e. The summed E-state index contributed by atoms with van der Waals surface area (Å²) in [6.07, 6.45) is -4.67. The summed E-state index contributed by atoms with van der Waals surface area (Å²) >= 11 is 0. The molecular weight excluding hydrogens is 425 g/mol. The highest BCUT2D eigenvalue weighted by Crippen LogP contribution is 2.33. The number of nitrogens with one attached hydrogen (secondary N) is 2. The number of benzene rings is 2. The van der Waals surface area contributed by atoms with E-state index in [1.165, 1.54) is 38.2 Å². The summed E-state index contributed by atoms with van der Waals surface area (Å²) < 4.78 is 41.3. The standard InChI is InChI=1S/C22H19F3N4O3/c1-12-7-6-9-15(18(12)20(31)26-3)27-21(32)19-17(30)11-13(2)29(28-19)16-10-5-4-8-14(16)22(23,24)25/h4-11H,1-3H3,(H,26,31)(H,27,32). The molecule has 0 unspecified atom stereocenters. The fourth-order valence-corrected chi connectivity index (χ4v) is 3.23. The number of nitrogens with zero attached hydrogens (tertiary/aromatic N) is 2. The number of carbonyl (C=O) groups excluding carboxylic acids is 2. The Bertz CT molecular complexity index is 1270. The zero-order valence-corrected chi connectivity index (χ0v) is 17.4. The molecule has 1 aromatic heterocycles. The molecule has 10 heteroatoms. The minimum Gasteiger partial charge on any atom is -0.355 e. The van der Waals surface area contributed by atoms with Crippen LogP contribution in [0, 0.1) is 13.8 Å². The molecule has 7 nitrogen and oxygen atoms in total. The van der Waals surface area contributed by atoms with Crippen molar-refractivity contribution >= 4 is 17.5 Å². The van der Waals surface area contributed by atoms with Crippen molar-refractivity contribution in [3.63, 3.8) is 0 Å². The van der Waals surface area contributed by atoms with E-state index in [1.54, 1.807) is 19.1 Å². The summed E-state index contributed by atoms with van der Waals surface area (Å²) in [6.45, 7) is 3.08. The Hall–Kier alpha value is -3.95.